The number of hydrogen-bond acceptors (Lipinski definition) is 3. The highest BCUT2D eigenvalue weighted by molar-refractivity contribution is 5.91. The van der Waals surface area contributed by atoms with E-state index in [0.29, 0.717) is 23.1 Å². The van der Waals surface area contributed by atoms with Crippen LogP contribution >= 0.6 is 0 Å². The third kappa shape index (κ3) is 4.06. The van der Waals surface area contributed by atoms with E-state index in [1.807, 2.05) is 0 Å². The normalized spacial score (nSPS) is 11.8. The number of carbonyl (C=O) groups excluding carboxylic acids is 1. The summed E-state index contributed by atoms with van der Waals surface area (Å²) in [5, 5.41) is 0. The molecule has 0 unspecified atom stereocenters. The van der Waals surface area contributed by atoms with E-state index in [1.54, 1.807) is 37.3 Å². The van der Waals surface area contributed by atoms with Gasteiger partial charge >= 0.3 is 5.97 Å². The number of halogens is 2. The largest absolute Gasteiger partial charge is 0.454 e. The Labute approximate surface area is 139 Å². The first-order valence-corrected chi connectivity index (χ1v) is 7.55. The number of hydrogen-bond donors (Lipinski definition) is 1. The monoisotopic (exact) mass is 331 g/mol. The zero-order valence-electron chi connectivity index (χ0n) is 13.4. The number of rotatable bonds is 6. The SMILES string of the molecule is C=C(C)[C@H](CCN)OC(=O)c1c(F)cc(-c2ccccc2)cc1F. The Morgan fingerprint density at radius 3 is 2.25 bits per heavy atom. The van der Waals surface area contributed by atoms with E-state index in [0.717, 1.165) is 12.1 Å². The average molecular weight is 331 g/mol. The molecule has 0 aliphatic carbocycles. The molecule has 0 heterocycles. The van der Waals surface area contributed by atoms with Crippen LogP contribution in [0.3, 0.4) is 0 Å². The highest BCUT2D eigenvalue weighted by atomic mass is 19.1. The first-order valence-electron chi connectivity index (χ1n) is 7.55. The van der Waals surface area contributed by atoms with Gasteiger partial charge in [0.2, 0.25) is 0 Å². The van der Waals surface area contributed by atoms with E-state index in [1.165, 1.54) is 0 Å². The predicted octanol–water partition coefficient (Wildman–Crippen LogP) is 4.08. The van der Waals surface area contributed by atoms with Gasteiger partial charge in [-0.2, -0.15) is 0 Å². The maximum Gasteiger partial charge on any atom is 0.344 e. The smallest absolute Gasteiger partial charge is 0.344 e. The number of esters is 1. The van der Waals surface area contributed by atoms with Crippen molar-refractivity contribution in [3.05, 3.63) is 71.8 Å². The Hall–Kier alpha value is -2.53. The Morgan fingerprint density at radius 2 is 1.75 bits per heavy atom. The Morgan fingerprint density at radius 1 is 1.17 bits per heavy atom. The third-order valence-corrected chi connectivity index (χ3v) is 3.58. The van der Waals surface area contributed by atoms with Crippen LogP contribution in [0.25, 0.3) is 11.1 Å². The predicted molar refractivity (Wildman–Crippen MR) is 89.5 cm³/mol. The van der Waals surface area contributed by atoms with Crippen molar-refractivity contribution < 1.29 is 18.3 Å². The van der Waals surface area contributed by atoms with Gasteiger partial charge in [-0.25, -0.2) is 13.6 Å². The lowest BCUT2D eigenvalue weighted by atomic mass is 10.0. The molecule has 126 valence electrons. The lowest BCUT2D eigenvalue weighted by Crippen LogP contribution is -2.23. The number of nitrogens with two attached hydrogens (primary N) is 1. The molecule has 5 heteroatoms. The molecule has 0 amide bonds. The molecule has 2 rings (SSSR count). The van der Waals surface area contributed by atoms with Crippen molar-refractivity contribution in [2.45, 2.75) is 19.4 Å². The second-order valence-electron chi connectivity index (χ2n) is 5.50. The molecule has 2 aromatic carbocycles. The van der Waals surface area contributed by atoms with Crippen molar-refractivity contribution in [3.8, 4) is 11.1 Å². The molecule has 0 saturated carbocycles. The van der Waals surface area contributed by atoms with Crippen LogP contribution in [0.4, 0.5) is 8.78 Å². The fraction of sp³-hybridized carbons (Fsp3) is 0.211. The van der Waals surface area contributed by atoms with Crippen LogP contribution in [0.2, 0.25) is 0 Å². The third-order valence-electron chi connectivity index (χ3n) is 3.58. The molecule has 0 aliphatic heterocycles. The molecule has 0 aromatic heterocycles. The van der Waals surface area contributed by atoms with E-state index in [9.17, 15) is 13.6 Å². The van der Waals surface area contributed by atoms with Gasteiger partial charge in [0, 0.05) is 6.42 Å². The molecule has 0 saturated heterocycles. The fourth-order valence-corrected chi connectivity index (χ4v) is 2.31. The summed E-state index contributed by atoms with van der Waals surface area (Å²) in [4.78, 5) is 12.1. The van der Waals surface area contributed by atoms with Crippen LogP contribution in [0.15, 0.2) is 54.6 Å². The summed E-state index contributed by atoms with van der Waals surface area (Å²) in [7, 11) is 0. The summed E-state index contributed by atoms with van der Waals surface area (Å²) < 4.78 is 33.7. The summed E-state index contributed by atoms with van der Waals surface area (Å²) >= 11 is 0. The van der Waals surface area contributed by atoms with Gasteiger partial charge in [0.05, 0.1) is 0 Å². The maximum atomic E-state index is 14.3. The Balaban J connectivity index is 2.31. The van der Waals surface area contributed by atoms with Crippen LogP contribution in [-0.4, -0.2) is 18.6 Å². The summed E-state index contributed by atoms with van der Waals surface area (Å²) in [5.41, 5.74) is 6.30. The average Bonchev–Trinajstić information content (AvgIpc) is 2.54. The summed E-state index contributed by atoms with van der Waals surface area (Å²) in [6.07, 6.45) is -0.332. The minimum atomic E-state index is -1.06. The number of ether oxygens (including phenoxy) is 1. The lowest BCUT2D eigenvalue weighted by molar-refractivity contribution is 0.0353. The van der Waals surface area contributed by atoms with Crippen LogP contribution in [0.5, 0.6) is 0 Å². The molecule has 2 aromatic rings. The molecule has 0 aliphatic rings. The van der Waals surface area contributed by atoms with Crippen molar-refractivity contribution in [2.75, 3.05) is 6.54 Å². The molecule has 1 atom stereocenters. The molecule has 0 fully saturated rings. The van der Waals surface area contributed by atoms with E-state index >= 15 is 0 Å². The van der Waals surface area contributed by atoms with E-state index < -0.39 is 29.3 Å². The molecular formula is C19H19F2NO2. The standard InChI is InChI=1S/C19H19F2NO2/c1-12(2)17(8-9-22)24-19(23)18-15(20)10-14(11-16(18)21)13-6-4-3-5-7-13/h3-7,10-11,17H,1,8-9,22H2,2H3/t17-/m0/s1. The van der Waals surface area contributed by atoms with Gasteiger partial charge in [0.25, 0.3) is 0 Å². The zero-order chi connectivity index (χ0) is 17.7. The van der Waals surface area contributed by atoms with Gasteiger partial charge in [-0.15, -0.1) is 0 Å². The highest BCUT2D eigenvalue weighted by Crippen LogP contribution is 2.25. The molecule has 0 radical (unpaired) electrons. The van der Waals surface area contributed by atoms with E-state index in [-0.39, 0.29) is 6.54 Å². The Kier molecular flexibility index (Phi) is 5.82. The molecule has 3 nitrogen and oxygen atoms in total. The first kappa shape index (κ1) is 17.8. The van der Waals surface area contributed by atoms with Gasteiger partial charge in [0.1, 0.15) is 23.3 Å². The second-order valence-corrected chi connectivity index (χ2v) is 5.50. The minimum absolute atomic E-state index is 0.267. The van der Waals surface area contributed by atoms with Gasteiger partial charge in [-0.05, 0) is 42.3 Å². The van der Waals surface area contributed by atoms with Crippen molar-refractivity contribution in [3.63, 3.8) is 0 Å². The fourth-order valence-electron chi connectivity index (χ4n) is 2.31. The van der Waals surface area contributed by atoms with Gasteiger partial charge in [-0.3, -0.25) is 0 Å². The van der Waals surface area contributed by atoms with Crippen molar-refractivity contribution in [1.29, 1.82) is 0 Å². The summed E-state index contributed by atoms with van der Waals surface area (Å²) in [6, 6.07) is 11.0. The van der Waals surface area contributed by atoms with Crippen molar-refractivity contribution >= 4 is 5.97 Å². The Bertz CT molecular complexity index is 721. The van der Waals surface area contributed by atoms with Crippen LogP contribution < -0.4 is 5.73 Å². The quantitative estimate of drug-likeness (QED) is 0.641. The molecular weight excluding hydrogens is 312 g/mol. The summed E-state index contributed by atoms with van der Waals surface area (Å²) in [5.74, 6) is -3.00. The summed E-state index contributed by atoms with van der Waals surface area (Å²) in [6.45, 7) is 5.63. The first-order chi connectivity index (χ1) is 11.4. The van der Waals surface area contributed by atoms with Crippen molar-refractivity contribution in [2.24, 2.45) is 5.73 Å². The minimum Gasteiger partial charge on any atom is -0.454 e. The second kappa shape index (κ2) is 7.84. The van der Waals surface area contributed by atoms with E-state index in [4.69, 9.17) is 10.5 Å². The van der Waals surface area contributed by atoms with Crippen LogP contribution in [0, 0.1) is 11.6 Å². The lowest BCUT2D eigenvalue weighted by Gasteiger charge is -2.18. The van der Waals surface area contributed by atoms with Crippen LogP contribution in [0.1, 0.15) is 23.7 Å². The molecule has 0 spiro atoms. The van der Waals surface area contributed by atoms with Gasteiger partial charge in [0.15, 0.2) is 0 Å². The van der Waals surface area contributed by atoms with Gasteiger partial charge < -0.3 is 10.5 Å². The molecule has 24 heavy (non-hydrogen) atoms. The number of carbonyl (C=O) groups is 1. The highest BCUT2D eigenvalue weighted by Gasteiger charge is 2.24. The molecule has 2 N–H and O–H groups in total. The van der Waals surface area contributed by atoms with E-state index in [2.05, 4.69) is 6.58 Å². The topological polar surface area (TPSA) is 52.3 Å². The maximum absolute atomic E-state index is 14.3. The number of benzene rings is 2. The van der Waals surface area contributed by atoms with Crippen molar-refractivity contribution in [1.82, 2.24) is 0 Å². The molecule has 0 bridgehead atoms. The zero-order valence-corrected chi connectivity index (χ0v) is 13.4. The van der Waals surface area contributed by atoms with Crippen LogP contribution in [-0.2, 0) is 4.74 Å². The van der Waals surface area contributed by atoms with Gasteiger partial charge in [-0.1, -0.05) is 36.9 Å².